The van der Waals surface area contributed by atoms with E-state index >= 15 is 0 Å². The number of unbranched alkanes of at least 4 members (excludes halogenated alkanes) is 4. The van der Waals surface area contributed by atoms with Gasteiger partial charge in [-0.25, -0.2) is 0 Å². The van der Waals surface area contributed by atoms with Gasteiger partial charge in [-0.05, 0) is 41.1 Å². The second kappa shape index (κ2) is 10.4. The molecule has 0 saturated carbocycles. The van der Waals surface area contributed by atoms with E-state index in [9.17, 15) is 0 Å². The van der Waals surface area contributed by atoms with Gasteiger partial charge < -0.3 is 0 Å². The first-order valence-electron chi connectivity index (χ1n) is 10.8. The quantitative estimate of drug-likeness (QED) is 0.333. The molecule has 1 atom stereocenters. The molecule has 0 heterocycles. The van der Waals surface area contributed by atoms with Crippen molar-refractivity contribution in [2.24, 2.45) is 16.7 Å². The SMILES string of the molecule is CCCCCC(C)(C)C(C(C)c1ccccc1)C(C)(C)CCCCC. The largest absolute Gasteiger partial charge is 0.0654 e. The van der Waals surface area contributed by atoms with Crippen molar-refractivity contribution in [1.29, 1.82) is 0 Å². The van der Waals surface area contributed by atoms with Crippen LogP contribution in [0.4, 0.5) is 0 Å². The van der Waals surface area contributed by atoms with Gasteiger partial charge in [-0.15, -0.1) is 0 Å². The maximum Gasteiger partial charge on any atom is -0.0152 e. The smallest absolute Gasteiger partial charge is 0.0152 e. The highest BCUT2D eigenvalue weighted by atomic mass is 14.5. The zero-order chi connectivity index (χ0) is 18.9. The first kappa shape index (κ1) is 22.3. The zero-order valence-corrected chi connectivity index (χ0v) is 18.2. The van der Waals surface area contributed by atoms with E-state index < -0.39 is 0 Å². The fourth-order valence-electron chi connectivity index (χ4n) is 5.33. The Morgan fingerprint density at radius 3 is 1.56 bits per heavy atom. The van der Waals surface area contributed by atoms with E-state index in [0.717, 1.165) is 0 Å². The van der Waals surface area contributed by atoms with Gasteiger partial charge >= 0.3 is 0 Å². The third-order valence-electron chi connectivity index (χ3n) is 6.36. The van der Waals surface area contributed by atoms with Crippen molar-refractivity contribution in [3.8, 4) is 0 Å². The van der Waals surface area contributed by atoms with Crippen LogP contribution < -0.4 is 0 Å². The summed E-state index contributed by atoms with van der Waals surface area (Å²) < 4.78 is 0. The molecule has 0 saturated heterocycles. The summed E-state index contributed by atoms with van der Waals surface area (Å²) in [6, 6.07) is 11.2. The fraction of sp³-hybridized carbons (Fsp3) is 0.760. The Hall–Kier alpha value is -0.780. The van der Waals surface area contributed by atoms with Gasteiger partial charge in [0.25, 0.3) is 0 Å². The number of hydrogen-bond acceptors (Lipinski definition) is 0. The molecule has 0 N–H and O–H groups in total. The lowest BCUT2D eigenvalue weighted by Gasteiger charge is -2.49. The lowest BCUT2D eigenvalue weighted by atomic mass is 9.56. The molecule has 0 aromatic heterocycles. The Balaban J connectivity index is 3.07. The summed E-state index contributed by atoms with van der Waals surface area (Å²) in [5.41, 5.74) is 2.26. The van der Waals surface area contributed by atoms with Gasteiger partial charge in [0.15, 0.2) is 0 Å². The summed E-state index contributed by atoms with van der Waals surface area (Å²) in [5.74, 6) is 1.31. The molecule has 1 unspecified atom stereocenters. The summed E-state index contributed by atoms with van der Waals surface area (Å²) in [5, 5.41) is 0. The molecule has 1 aromatic carbocycles. The normalized spacial score (nSPS) is 14.1. The van der Waals surface area contributed by atoms with Gasteiger partial charge in [0, 0.05) is 0 Å². The Labute approximate surface area is 158 Å². The molecular formula is C25H44. The number of benzene rings is 1. The van der Waals surface area contributed by atoms with Crippen molar-refractivity contribution in [3.05, 3.63) is 35.9 Å². The highest BCUT2D eigenvalue weighted by molar-refractivity contribution is 5.21. The lowest BCUT2D eigenvalue weighted by molar-refractivity contribution is 0.0343. The summed E-state index contributed by atoms with van der Waals surface area (Å²) >= 11 is 0. The van der Waals surface area contributed by atoms with Gasteiger partial charge in [0.2, 0.25) is 0 Å². The van der Waals surface area contributed by atoms with Crippen molar-refractivity contribution in [1.82, 2.24) is 0 Å². The molecule has 25 heavy (non-hydrogen) atoms. The molecular weight excluding hydrogens is 300 g/mol. The van der Waals surface area contributed by atoms with E-state index in [1.54, 1.807) is 0 Å². The molecule has 0 aliphatic heterocycles. The van der Waals surface area contributed by atoms with Gasteiger partial charge in [-0.1, -0.05) is 117 Å². The fourth-order valence-corrected chi connectivity index (χ4v) is 5.33. The second-order valence-electron chi connectivity index (χ2n) is 9.57. The molecule has 0 fully saturated rings. The molecule has 0 aliphatic rings. The molecule has 0 heteroatoms. The molecule has 0 spiro atoms. The maximum absolute atomic E-state index is 2.54. The molecule has 0 amide bonds. The average Bonchev–Trinajstić information content (AvgIpc) is 2.55. The van der Waals surface area contributed by atoms with Crippen LogP contribution in [0.2, 0.25) is 0 Å². The summed E-state index contributed by atoms with van der Waals surface area (Å²) in [6.45, 7) is 17.2. The van der Waals surface area contributed by atoms with Crippen LogP contribution in [0.5, 0.6) is 0 Å². The Bertz CT molecular complexity index is 432. The van der Waals surface area contributed by atoms with Crippen LogP contribution >= 0.6 is 0 Å². The topological polar surface area (TPSA) is 0 Å². The van der Waals surface area contributed by atoms with E-state index in [4.69, 9.17) is 0 Å². The molecule has 0 bridgehead atoms. The van der Waals surface area contributed by atoms with Crippen LogP contribution in [-0.4, -0.2) is 0 Å². The summed E-state index contributed by atoms with van der Waals surface area (Å²) in [7, 11) is 0. The maximum atomic E-state index is 2.54. The molecule has 1 rings (SSSR count). The molecule has 0 radical (unpaired) electrons. The van der Waals surface area contributed by atoms with Crippen molar-refractivity contribution >= 4 is 0 Å². The van der Waals surface area contributed by atoms with Gasteiger partial charge in [-0.2, -0.15) is 0 Å². The Morgan fingerprint density at radius 1 is 0.720 bits per heavy atom. The molecule has 144 valence electrons. The van der Waals surface area contributed by atoms with Crippen molar-refractivity contribution in [3.63, 3.8) is 0 Å². The van der Waals surface area contributed by atoms with Crippen LogP contribution in [0.1, 0.15) is 111 Å². The predicted octanol–water partition coefficient (Wildman–Crippen LogP) is 8.62. The highest BCUT2D eigenvalue weighted by Gasteiger charge is 2.43. The monoisotopic (exact) mass is 344 g/mol. The van der Waals surface area contributed by atoms with Crippen LogP contribution in [0, 0.1) is 16.7 Å². The number of rotatable bonds is 12. The van der Waals surface area contributed by atoms with Crippen molar-refractivity contribution in [2.75, 3.05) is 0 Å². The minimum absolute atomic E-state index is 0.375. The first-order valence-corrected chi connectivity index (χ1v) is 10.8. The highest BCUT2D eigenvalue weighted by Crippen LogP contribution is 2.52. The molecule has 0 nitrogen and oxygen atoms in total. The standard InChI is InChI=1S/C25H44/c1-8-10-15-19-24(4,5)23(25(6,7)20-16-11-9-2)21(3)22-17-13-12-14-18-22/h12-14,17-18,21,23H,8-11,15-16,19-20H2,1-7H3. The van der Waals surface area contributed by atoms with Crippen molar-refractivity contribution in [2.45, 2.75) is 106 Å². The summed E-state index contributed by atoms with van der Waals surface area (Å²) in [6.07, 6.45) is 10.8. The zero-order valence-electron chi connectivity index (χ0n) is 18.2. The molecule has 1 aromatic rings. The summed E-state index contributed by atoms with van der Waals surface area (Å²) in [4.78, 5) is 0. The van der Waals surface area contributed by atoms with Gasteiger partial charge in [0.1, 0.15) is 0 Å². The van der Waals surface area contributed by atoms with E-state index in [0.29, 0.717) is 22.7 Å². The van der Waals surface area contributed by atoms with Gasteiger partial charge in [0.05, 0.1) is 0 Å². The second-order valence-corrected chi connectivity index (χ2v) is 9.57. The van der Waals surface area contributed by atoms with Crippen LogP contribution in [0.25, 0.3) is 0 Å². The predicted molar refractivity (Wildman–Crippen MR) is 114 cm³/mol. The van der Waals surface area contributed by atoms with E-state index in [1.807, 2.05) is 0 Å². The first-order chi connectivity index (χ1) is 11.8. The van der Waals surface area contributed by atoms with Gasteiger partial charge in [-0.3, -0.25) is 0 Å². The van der Waals surface area contributed by atoms with E-state index in [2.05, 4.69) is 78.8 Å². The Kier molecular flexibility index (Phi) is 9.25. The van der Waals surface area contributed by atoms with Crippen LogP contribution in [0.3, 0.4) is 0 Å². The van der Waals surface area contributed by atoms with E-state index in [-0.39, 0.29) is 0 Å². The third-order valence-corrected chi connectivity index (χ3v) is 6.36. The number of hydrogen-bond donors (Lipinski definition) is 0. The minimum Gasteiger partial charge on any atom is -0.0654 e. The van der Waals surface area contributed by atoms with Crippen molar-refractivity contribution < 1.29 is 0 Å². The van der Waals surface area contributed by atoms with Crippen LogP contribution in [-0.2, 0) is 0 Å². The average molecular weight is 345 g/mol. The van der Waals surface area contributed by atoms with Crippen LogP contribution in [0.15, 0.2) is 30.3 Å². The third kappa shape index (κ3) is 6.80. The Morgan fingerprint density at radius 2 is 1.16 bits per heavy atom. The van der Waals surface area contributed by atoms with E-state index in [1.165, 1.54) is 56.9 Å². The lowest BCUT2D eigenvalue weighted by Crippen LogP contribution is -2.40. The minimum atomic E-state index is 0.375. The molecule has 0 aliphatic carbocycles.